The molecule has 5 rings (SSSR count). The van der Waals surface area contributed by atoms with Gasteiger partial charge in [0.2, 0.25) is 5.91 Å². The Morgan fingerprint density at radius 2 is 0.901 bits per heavy atom. The fraction of sp³-hybridized carbons (Fsp3) is 0.435. The van der Waals surface area contributed by atoms with Crippen LogP contribution in [0.2, 0.25) is 0 Å². The minimum absolute atomic E-state index is 0.0235. The van der Waals surface area contributed by atoms with E-state index in [-0.39, 0.29) is 50.4 Å². The summed E-state index contributed by atoms with van der Waals surface area (Å²) in [6, 6.07) is 2.53. The Hall–Kier alpha value is -7.90. The lowest BCUT2D eigenvalue weighted by molar-refractivity contribution is -0.160. The summed E-state index contributed by atoms with van der Waals surface area (Å²) in [6.45, 7) is -1.41. The number of benzene rings is 3. The molecule has 2 aliphatic rings. The highest BCUT2D eigenvalue weighted by Gasteiger charge is 2.35. The van der Waals surface area contributed by atoms with Gasteiger partial charge < -0.3 is 85.6 Å². The largest absolute Gasteiger partial charge is 0.504 e. The molecule has 1 heterocycles. The smallest absolute Gasteiger partial charge is 0.332 e. The van der Waals surface area contributed by atoms with Gasteiger partial charge in [-0.05, 0) is 49.2 Å². The molecule has 0 unspecified atom stereocenters. The Labute approximate surface area is 404 Å². The van der Waals surface area contributed by atoms with E-state index in [1.807, 2.05) is 0 Å². The molecule has 25 heteroatoms. The number of phenols is 6. The molecular formula is C46H55N5O20. The molecule has 0 aromatic heterocycles. The summed E-state index contributed by atoms with van der Waals surface area (Å²) in [5, 5.41) is 73.2. The number of carbonyl (C=O) groups is 8. The van der Waals surface area contributed by atoms with Crippen LogP contribution in [0.5, 0.6) is 34.5 Å². The Morgan fingerprint density at radius 1 is 0.493 bits per heavy atom. The van der Waals surface area contributed by atoms with Gasteiger partial charge in [-0.3, -0.25) is 24.0 Å². The van der Waals surface area contributed by atoms with Gasteiger partial charge in [-0.1, -0.05) is 31.4 Å². The van der Waals surface area contributed by atoms with Gasteiger partial charge in [-0.2, -0.15) is 0 Å². The number of amides is 5. The van der Waals surface area contributed by atoms with E-state index in [9.17, 15) is 69.0 Å². The maximum Gasteiger partial charge on any atom is 0.332 e. The van der Waals surface area contributed by atoms with Gasteiger partial charge in [0.15, 0.2) is 52.6 Å². The number of aromatic hydroxyl groups is 6. The van der Waals surface area contributed by atoms with E-state index in [0.29, 0.717) is 19.8 Å². The number of nitrogens with one attached hydrogen (secondary N) is 5. The van der Waals surface area contributed by atoms with Crippen molar-refractivity contribution in [2.45, 2.75) is 50.2 Å². The van der Waals surface area contributed by atoms with Crippen molar-refractivity contribution < 1.29 is 97.4 Å². The van der Waals surface area contributed by atoms with Crippen LogP contribution in [0, 0.1) is 5.92 Å². The van der Waals surface area contributed by atoms with Crippen molar-refractivity contribution in [3.05, 3.63) is 70.8 Å². The van der Waals surface area contributed by atoms with Crippen LogP contribution in [0.4, 0.5) is 0 Å². The first-order chi connectivity index (χ1) is 34.0. The minimum atomic E-state index is -2.00. The van der Waals surface area contributed by atoms with Crippen molar-refractivity contribution in [1.82, 2.24) is 26.6 Å². The lowest BCUT2D eigenvalue weighted by Gasteiger charge is -2.25. The van der Waals surface area contributed by atoms with Crippen molar-refractivity contribution in [3.8, 4) is 34.5 Å². The van der Waals surface area contributed by atoms with Crippen LogP contribution in [0.25, 0.3) is 0 Å². The van der Waals surface area contributed by atoms with E-state index in [2.05, 4.69) is 26.6 Å². The van der Waals surface area contributed by atoms with Crippen LogP contribution >= 0.6 is 0 Å². The second-order valence-corrected chi connectivity index (χ2v) is 15.9. The summed E-state index contributed by atoms with van der Waals surface area (Å²) in [7, 11) is 0. The molecule has 0 bridgehead atoms. The molecule has 384 valence electrons. The van der Waals surface area contributed by atoms with Crippen molar-refractivity contribution >= 4 is 47.4 Å². The normalized spacial score (nSPS) is 17.7. The summed E-state index contributed by atoms with van der Waals surface area (Å²) in [5.74, 6) is -13.7. The molecule has 1 aliphatic carbocycles. The maximum atomic E-state index is 13.6. The highest BCUT2D eigenvalue weighted by Crippen LogP contribution is 2.32. The lowest BCUT2D eigenvalue weighted by atomic mass is 9.89. The fourth-order valence-corrected chi connectivity index (χ4v) is 7.00. The van der Waals surface area contributed by atoms with Crippen LogP contribution in [0.3, 0.4) is 0 Å². The average Bonchev–Trinajstić information content (AvgIpc) is 3.35. The molecule has 3 aromatic rings. The number of ether oxygens (including phenoxy) is 6. The first-order valence-corrected chi connectivity index (χ1v) is 22.3. The zero-order valence-electron chi connectivity index (χ0n) is 38.1. The number of phenolic OH excluding ortho intramolecular Hbond substituents is 6. The third-order valence-electron chi connectivity index (χ3n) is 10.9. The van der Waals surface area contributed by atoms with Gasteiger partial charge in [-0.25, -0.2) is 14.4 Å². The molecule has 0 radical (unpaired) electrons. The fourth-order valence-electron chi connectivity index (χ4n) is 7.00. The van der Waals surface area contributed by atoms with E-state index in [1.165, 1.54) is 18.6 Å². The number of para-hydroxylation sites is 2. The SMILES string of the molecule is O=C(NCCOCCOCCOCCNC(=O)C1CCCCC1)c1cc(O)c(O)c(C(=O)N[C@H]2COC(=O)[C@@H](NC(=O)c3cccc(O)c3O)COC(=O)[C@@H](NC(=O)c3cccc(O)c3O)COC2=O)c1. The second-order valence-electron chi connectivity index (χ2n) is 15.9. The summed E-state index contributed by atoms with van der Waals surface area (Å²) in [6.07, 6.45) is 5.15. The van der Waals surface area contributed by atoms with Crippen LogP contribution < -0.4 is 26.6 Å². The first kappa shape index (κ1) is 54.0. The molecule has 1 saturated carbocycles. The highest BCUT2D eigenvalue weighted by atomic mass is 16.6. The third-order valence-corrected chi connectivity index (χ3v) is 10.9. The quantitative estimate of drug-likeness (QED) is 0.0300. The number of rotatable bonds is 20. The van der Waals surface area contributed by atoms with Crippen LogP contribution in [0.15, 0.2) is 48.5 Å². The summed E-state index contributed by atoms with van der Waals surface area (Å²) < 4.78 is 31.9. The highest BCUT2D eigenvalue weighted by molar-refractivity contribution is 6.04. The predicted octanol–water partition coefficient (Wildman–Crippen LogP) is -0.265. The topological polar surface area (TPSA) is 373 Å². The van der Waals surface area contributed by atoms with Crippen molar-refractivity contribution in [3.63, 3.8) is 0 Å². The van der Waals surface area contributed by atoms with E-state index >= 15 is 0 Å². The molecule has 11 N–H and O–H groups in total. The van der Waals surface area contributed by atoms with Gasteiger partial charge in [0.05, 0.1) is 56.3 Å². The standard InChI is InChI=1S/C46H55N5O20/c52-33-10-4-8-27(36(33)55)41(60)49-30-22-69-44(63)31(50-42(61)28-9-5-11-34(53)37(28)56)23-70-46(65)32(24-71-45(30)64)51-43(62)29-20-26(21-35(54)38(29)57)40(59)48-13-15-67-17-19-68-18-16-66-14-12-47-39(58)25-6-2-1-3-7-25/h4-5,8-11,20-21,25,30-32,52-57H,1-3,6-7,12-19,22-24H2,(H,47,58)(H,48,59)(H,49,60)(H,50,61)(H,51,62)/t30-,31-,32-/m0/s1. The van der Waals surface area contributed by atoms with E-state index in [1.54, 1.807) is 0 Å². The molecule has 25 nitrogen and oxygen atoms in total. The monoisotopic (exact) mass is 997 g/mol. The minimum Gasteiger partial charge on any atom is -0.504 e. The van der Waals surface area contributed by atoms with Crippen molar-refractivity contribution in [1.29, 1.82) is 0 Å². The Morgan fingerprint density at radius 3 is 1.37 bits per heavy atom. The van der Waals surface area contributed by atoms with Crippen LogP contribution in [-0.2, 0) is 47.6 Å². The van der Waals surface area contributed by atoms with E-state index < -0.39 is 131 Å². The first-order valence-electron chi connectivity index (χ1n) is 22.3. The number of hydrogen-bond acceptors (Lipinski definition) is 20. The van der Waals surface area contributed by atoms with Gasteiger partial charge in [0.25, 0.3) is 23.6 Å². The number of carbonyl (C=O) groups excluding carboxylic acids is 8. The van der Waals surface area contributed by atoms with Crippen LogP contribution in [-0.4, -0.2) is 169 Å². The molecular weight excluding hydrogens is 943 g/mol. The number of esters is 3. The van der Waals surface area contributed by atoms with Crippen LogP contribution in [0.1, 0.15) is 73.5 Å². The maximum absolute atomic E-state index is 13.6. The van der Waals surface area contributed by atoms with E-state index in [0.717, 1.165) is 62.1 Å². The summed E-state index contributed by atoms with van der Waals surface area (Å²) in [4.78, 5) is 105. The Bertz CT molecular complexity index is 2350. The zero-order valence-corrected chi connectivity index (χ0v) is 38.1. The van der Waals surface area contributed by atoms with Gasteiger partial charge in [-0.15, -0.1) is 0 Å². The zero-order chi connectivity index (χ0) is 51.5. The van der Waals surface area contributed by atoms with Crippen molar-refractivity contribution in [2.24, 2.45) is 5.92 Å². The van der Waals surface area contributed by atoms with Gasteiger partial charge in [0, 0.05) is 24.6 Å². The summed E-state index contributed by atoms with van der Waals surface area (Å²) in [5.41, 5.74) is -2.15. The Balaban J connectivity index is 1.17. The number of hydrogen-bond donors (Lipinski definition) is 11. The second kappa shape index (κ2) is 26.7. The number of cyclic esters (lactones) is 3. The van der Waals surface area contributed by atoms with Gasteiger partial charge in [0.1, 0.15) is 19.8 Å². The summed E-state index contributed by atoms with van der Waals surface area (Å²) >= 11 is 0. The molecule has 3 aromatic carbocycles. The molecule has 5 amide bonds. The van der Waals surface area contributed by atoms with E-state index in [4.69, 9.17) is 28.4 Å². The molecule has 3 atom stereocenters. The molecule has 1 aliphatic heterocycles. The molecule has 2 fully saturated rings. The Kier molecular flexibility index (Phi) is 20.4. The molecule has 71 heavy (non-hydrogen) atoms. The van der Waals surface area contributed by atoms with Gasteiger partial charge >= 0.3 is 17.9 Å². The molecule has 1 saturated heterocycles. The predicted molar refractivity (Wildman–Crippen MR) is 240 cm³/mol. The third kappa shape index (κ3) is 15.8. The lowest BCUT2D eigenvalue weighted by Crippen LogP contribution is -2.52. The average molecular weight is 998 g/mol. The molecule has 0 spiro atoms. The van der Waals surface area contributed by atoms with Crippen molar-refractivity contribution in [2.75, 3.05) is 72.6 Å².